The highest BCUT2D eigenvalue weighted by Gasteiger charge is 2.36. The summed E-state index contributed by atoms with van der Waals surface area (Å²) in [5.41, 5.74) is 0.190. The van der Waals surface area contributed by atoms with E-state index in [9.17, 15) is 22.8 Å². The number of anilines is 1. The molecular formula is C18H16F3N3O2. The number of halogens is 3. The van der Waals surface area contributed by atoms with Crippen LogP contribution < -0.4 is 10.2 Å². The van der Waals surface area contributed by atoms with Gasteiger partial charge >= 0.3 is 6.18 Å². The van der Waals surface area contributed by atoms with Gasteiger partial charge in [-0.1, -0.05) is 6.07 Å². The summed E-state index contributed by atoms with van der Waals surface area (Å²) in [5, 5.41) is 2.74. The van der Waals surface area contributed by atoms with E-state index in [2.05, 4.69) is 10.3 Å². The molecule has 2 amide bonds. The van der Waals surface area contributed by atoms with Gasteiger partial charge in [0.2, 0.25) is 11.8 Å². The van der Waals surface area contributed by atoms with Crippen LogP contribution in [0, 0.1) is 5.92 Å². The molecule has 3 rings (SSSR count). The SMILES string of the molecule is O=C(NCc1ccncc1)C1CC(=O)N(c2cccc(C(F)(F)F)c2)C1. The molecule has 1 fully saturated rings. The molecule has 26 heavy (non-hydrogen) atoms. The van der Waals surface area contributed by atoms with Gasteiger partial charge in [0.1, 0.15) is 0 Å². The van der Waals surface area contributed by atoms with E-state index in [1.165, 1.54) is 17.0 Å². The third-order valence-electron chi connectivity index (χ3n) is 4.20. The molecule has 8 heteroatoms. The van der Waals surface area contributed by atoms with Gasteiger partial charge in [0.05, 0.1) is 11.5 Å². The summed E-state index contributed by atoms with van der Waals surface area (Å²) < 4.78 is 38.5. The Balaban J connectivity index is 1.66. The van der Waals surface area contributed by atoms with Crippen LogP contribution in [0.2, 0.25) is 0 Å². The van der Waals surface area contributed by atoms with Gasteiger partial charge in [0.25, 0.3) is 0 Å². The van der Waals surface area contributed by atoms with E-state index in [0.717, 1.165) is 17.7 Å². The first-order valence-electron chi connectivity index (χ1n) is 7.99. The molecule has 1 unspecified atom stereocenters. The first kappa shape index (κ1) is 17.9. The summed E-state index contributed by atoms with van der Waals surface area (Å²) >= 11 is 0. The molecule has 1 saturated heterocycles. The van der Waals surface area contributed by atoms with Crippen molar-refractivity contribution in [2.75, 3.05) is 11.4 Å². The van der Waals surface area contributed by atoms with Gasteiger partial charge in [-0.3, -0.25) is 14.6 Å². The molecule has 136 valence electrons. The maximum absolute atomic E-state index is 12.8. The van der Waals surface area contributed by atoms with E-state index in [1.807, 2.05) is 0 Å². The Kier molecular flexibility index (Phi) is 4.92. The van der Waals surface area contributed by atoms with Crippen molar-refractivity contribution in [3.8, 4) is 0 Å². The van der Waals surface area contributed by atoms with Crippen molar-refractivity contribution in [3.63, 3.8) is 0 Å². The van der Waals surface area contributed by atoms with Crippen molar-refractivity contribution in [2.24, 2.45) is 5.92 Å². The summed E-state index contributed by atoms with van der Waals surface area (Å²) in [6.45, 7) is 0.359. The standard InChI is InChI=1S/C18H16F3N3O2/c19-18(20,21)14-2-1-3-15(9-14)24-11-13(8-16(24)25)17(26)23-10-12-4-6-22-7-5-12/h1-7,9,13H,8,10-11H2,(H,23,26). The largest absolute Gasteiger partial charge is 0.416 e. The molecule has 0 saturated carbocycles. The smallest absolute Gasteiger partial charge is 0.352 e. The van der Waals surface area contributed by atoms with E-state index in [0.29, 0.717) is 6.54 Å². The second-order valence-electron chi connectivity index (χ2n) is 6.03. The third-order valence-corrected chi connectivity index (χ3v) is 4.20. The number of amides is 2. The minimum absolute atomic E-state index is 0.0293. The van der Waals surface area contributed by atoms with E-state index in [-0.39, 0.29) is 30.5 Å². The number of nitrogens with zero attached hydrogens (tertiary/aromatic N) is 2. The Morgan fingerprint density at radius 1 is 1.23 bits per heavy atom. The van der Waals surface area contributed by atoms with Gasteiger partial charge in [-0.25, -0.2) is 0 Å². The summed E-state index contributed by atoms with van der Waals surface area (Å²) in [6.07, 6.45) is -1.30. The Labute approximate surface area is 147 Å². The topological polar surface area (TPSA) is 62.3 Å². The Hall–Kier alpha value is -2.90. The van der Waals surface area contributed by atoms with Crippen LogP contribution in [0.1, 0.15) is 17.5 Å². The monoisotopic (exact) mass is 363 g/mol. The second kappa shape index (κ2) is 7.15. The summed E-state index contributed by atoms with van der Waals surface area (Å²) in [5.74, 6) is -1.27. The van der Waals surface area contributed by atoms with Crippen LogP contribution in [0.5, 0.6) is 0 Å². The molecule has 5 nitrogen and oxygen atoms in total. The lowest BCUT2D eigenvalue weighted by atomic mass is 10.1. The summed E-state index contributed by atoms with van der Waals surface area (Å²) in [6, 6.07) is 8.08. The zero-order valence-corrected chi connectivity index (χ0v) is 13.7. The van der Waals surface area contributed by atoms with Crippen LogP contribution in [0.3, 0.4) is 0 Å². The molecule has 2 aromatic rings. The molecular weight excluding hydrogens is 347 g/mol. The summed E-state index contributed by atoms with van der Waals surface area (Å²) in [7, 11) is 0. The highest BCUT2D eigenvalue weighted by Crippen LogP contribution is 2.33. The number of carbonyl (C=O) groups is 2. The summed E-state index contributed by atoms with van der Waals surface area (Å²) in [4.78, 5) is 29.6. The number of alkyl halides is 3. The normalized spacial score (nSPS) is 17.4. The van der Waals surface area contributed by atoms with Crippen LogP contribution >= 0.6 is 0 Å². The molecule has 1 N–H and O–H groups in total. The van der Waals surface area contributed by atoms with Crippen molar-refractivity contribution in [1.82, 2.24) is 10.3 Å². The van der Waals surface area contributed by atoms with Crippen LogP contribution in [0.25, 0.3) is 0 Å². The Bertz CT molecular complexity index is 809. The van der Waals surface area contributed by atoms with Gasteiger partial charge in [0.15, 0.2) is 0 Å². The van der Waals surface area contributed by atoms with Crippen molar-refractivity contribution >= 4 is 17.5 Å². The number of hydrogen-bond donors (Lipinski definition) is 1. The van der Waals surface area contributed by atoms with Gasteiger partial charge in [-0.15, -0.1) is 0 Å². The highest BCUT2D eigenvalue weighted by molar-refractivity contribution is 6.00. The maximum atomic E-state index is 12.8. The zero-order chi connectivity index (χ0) is 18.7. The number of nitrogens with one attached hydrogen (secondary N) is 1. The average molecular weight is 363 g/mol. The number of benzene rings is 1. The lowest BCUT2D eigenvalue weighted by Gasteiger charge is -2.18. The first-order valence-corrected chi connectivity index (χ1v) is 7.99. The van der Waals surface area contributed by atoms with E-state index in [4.69, 9.17) is 0 Å². The fraction of sp³-hybridized carbons (Fsp3) is 0.278. The molecule has 0 radical (unpaired) electrons. The molecule has 1 aromatic carbocycles. The zero-order valence-electron chi connectivity index (χ0n) is 13.7. The molecule has 0 aliphatic carbocycles. The number of rotatable bonds is 4. The van der Waals surface area contributed by atoms with Crippen LogP contribution in [-0.4, -0.2) is 23.3 Å². The minimum Gasteiger partial charge on any atom is -0.352 e. The van der Waals surface area contributed by atoms with Gasteiger partial charge in [0, 0.05) is 37.6 Å². The van der Waals surface area contributed by atoms with Crippen LogP contribution in [0.4, 0.5) is 18.9 Å². The van der Waals surface area contributed by atoms with Crippen molar-refractivity contribution in [1.29, 1.82) is 0 Å². The molecule has 0 bridgehead atoms. The number of hydrogen-bond acceptors (Lipinski definition) is 3. The lowest BCUT2D eigenvalue weighted by Crippen LogP contribution is -2.32. The maximum Gasteiger partial charge on any atom is 0.416 e. The van der Waals surface area contributed by atoms with Gasteiger partial charge < -0.3 is 10.2 Å². The molecule has 0 spiro atoms. The Morgan fingerprint density at radius 3 is 2.65 bits per heavy atom. The fourth-order valence-corrected chi connectivity index (χ4v) is 2.82. The van der Waals surface area contributed by atoms with Crippen molar-refractivity contribution < 1.29 is 22.8 Å². The number of pyridine rings is 1. The fourth-order valence-electron chi connectivity index (χ4n) is 2.82. The minimum atomic E-state index is -4.49. The number of aromatic nitrogens is 1. The molecule has 1 aliphatic heterocycles. The molecule has 2 heterocycles. The van der Waals surface area contributed by atoms with Gasteiger partial charge in [-0.2, -0.15) is 13.2 Å². The molecule has 1 atom stereocenters. The van der Waals surface area contributed by atoms with Crippen molar-refractivity contribution in [2.45, 2.75) is 19.1 Å². The number of carbonyl (C=O) groups excluding carboxylic acids is 2. The van der Waals surface area contributed by atoms with Crippen LogP contribution in [-0.2, 0) is 22.3 Å². The highest BCUT2D eigenvalue weighted by atomic mass is 19.4. The lowest BCUT2D eigenvalue weighted by molar-refractivity contribution is -0.137. The van der Waals surface area contributed by atoms with E-state index < -0.39 is 17.7 Å². The average Bonchev–Trinajstić information content (AvgIpc) is 3.02. The van der Waals surface area contributed by atoms with E-state index >= 15 is 0 Å². The Morgan fingerprint density at radius 2 is 1.96 bits per heavy atom. The second-order valence-corrected chi connectivity index (χ2v) is 6.03. The van der Waals surface area contributed by atoms with Gasteiger partial charge in [-0.05, 0) is 35.9 Å². The predicted octanol–water partition coefficient (Wildman–Crippen LogP) is 2.77. The predicted molar refractivity (Wildman–Crippen MR) is 88.0 cm³/mol. The molecule has 1 aliphatic rings. The quantitative estimate of drug-likeness (QED) is 0.909. The van der Waals surface area contributed by atoms with Crippen LogP contribution in [0.15, 0.2) is 48.8 Å². The first-order chi connectivity index (χ1) is 12.3. The molecule has 1 aromatic heterocycles. The third kappa shape index (κ3) is 4.01. The van der Waals surface area contributed by atoms with E-state index in [1.54, 1.807) is 24.5 Å². The van der Waals surface area contributed by atoms with Crippen molar-refractivity contribution in [3.05, 3.63) is 59.9 Å².